The predicted molar refractivity (Wildman–Crippen MR) is 121 cm³/mol. The zero-order valence-electron chi connectivity index (χ0n) is 18.7. The molecule has 170 valence electrons. The molecular weight excluding hydrogens is 420 g/mol. The summed E-state index contributed by atoms with van der Waals surface area (Å²) < 4.78 is 34.2. The van der Waals surface area contributed by atoms with Crippen LogP contribution >= 0.6 is 0 Å². The molecule has 0 heterocycles. The Balaban J connectivity index is 2.27. The van der Waals surface area contributed by atoms with Gasteiger partial charge in [0, 0.05) is 22.3 Å². The van der Waals surface area contributed by atoms with Gasteiger partial charge in [-0.15, -0.1) is 0 Å². The summed E-state index contributed by atoms with van der Waals surface area (Å²) in [7, 11) is 2.94. The van der Waals surface area contributed by atoms with E-state index in [-0.39, 0.29) is 24.0 Å². The van der Waals surface area contributed by atoms with Crippen molar-refractivity contribution in [3.8, 4) is 5.75 Å². The lowest BCUT2D eigenvalue weighted by molar-refractivity contribution is -0.117. The number of carbonyl (C=O) groups is 1. The van der Waals surface area contributed by atoms with Crippen LogP contribution in [0, 0.1) is 0 Å². The molecule has 2 rings (SSSR count). The number of halogens is 2. The van der Waals surface area contributed by atoms with Crippen LogP contribution in [0.15, 0.2) is 45.7 Å². The van der Waals surface area contributed by atoms with Crippen LogP contribution in [0.4, 0.5) is 8.78 Å². The zero-order chi connectivity index (χ0) is 23.1. The monoisotopic (exact) mass is 451 g/mol. The second-order valence-corrected chi connectivity index (χ2v) is 9.18. The van der Waals surface area contributed by atoms with Crippen LogP contribution in [0.3, 0.4) is 0 Å². The van der Waals surface area contributed by atoms with Gasteiger partial charge in [-0.1, -0.05) is 32.9 Å². The number of rotatable bonds is 9. The molecule has 0 fully saturated rings. The first-order chi connectivity index (χ1) is 14.6. The van der Waals surface area contributed by atoms with E-state index >= 15 is 0 Å². The SMILES string of the molecule is CCc1cc(OC(F)F)cc(C(C)C)c1CC(=O)N=S(N)c1ccc(CN(C)C)cc1. The Kier molecular flexibility index (Phi) is 9.28. The van der Waals surface area contributed by atoms with E-state index in [1.165, 1.54) is 0 Å². The first kappa shape index (κ1) is 25.1. The van der Waals surface area contributed by atoms with Crippen LogP contribution in [0.2, 0.25) is 0 Å². The number of benzene rings is 2. The lowest BCUT2D eigenvalue weighted by Crippen LogP contribution is -2.13. The van der Waals surface area contributed by atoms with Crippen molar-refractivity contribution in [1.29, 1.82) is 0 Å². The van der Waals surface area contributed by atoms with E-state index in [0.717, 1.165) is 33.7 Å². The van der Waals surface area contributed by atoms with Gasteiger partial charge in [0.2, 0.25) is 0 Å². The third kappa shape index (κ3) is 7.48. The lowest BCUT2D eigenvalue weighted by Gasteiger charge is -2.18. The van der Waals surface area contributed by atoms with Gasteiger partial charge in [0.05, 0.1) is 6.42 Å². The van der Waals surface area contributed by atoms with Crippen LogP contribution in [0.1, 0.15) is 48.9 Å². The van der Waals surface area contributed by atoms with Gasteiger partial charge in [-0.05, 0) is 73.0 Å². The largest absolute Gasteiger partial charge is 0.435 e. The molecule has 2 N–H and O–H groups in total. The number of nitrogens with zero attached hydrogens (tertiary/aromatic N) is 2. The van der Waals surface area contributed by atoms with Gasteiger partial charge in [0.1, 0.15) is 5.75 Å². The van der Waals surface area contributed by atoms with Crippen molar-refractivity contribution in [2.24, 2.45) is 9.50 Å². The Hall–Kier alpha value is -2.16. The minimum atomic E-state index is -2.89. The van der Waals surface area contributed by atoms with Crippen molar-refractivity contribution in [1.82, 2.24) is 4.90 Å². The molecule has 8 heteroatoms. The third-order valence-corrected chi connectivity index (χ3v) is 5.93. The highest BCUT2D eigenvalue weighted by Gasteiger charge is 2.18. The van der Waals surface area contributed by atoms with Crippen molar-refractivity contribution >= 4 is 16.8 Å². The fraction of sp³-hybridized carbons (Fsp3) is 0.435. The number of alkyl halides is 2. The molecule has 0 bridgehead atoms. The number of nitrogens with two attached hydrogens (primary N) is 1. The molecule has 0 radical (unpaired) electrons. The van der Waals surface area contributed by atoms with Gasteiger partial charge in [-0.3, -0.25) is 9.93 Å². The lowest BCUT2D eigenvalue weighted by atomic mass is 9.90. The third-order valence-electron chi connectivity index (χ3n) is 4.77. The molecule has 1 atom stereocenters. The molecule has 1 amide bonds. The van der Waals surface area contributed by atoms with Gasteiger partial charge in [-0.25, -0.2) is 0 Å². The number of hydrogen-bond acceptors (Lipinski definition) is 3. The van der Waals surface area contributed by atoms with Crippen molar-refractivity contribution < 1.29 is 18.3 Å². The molecule has 2 aromatic rings. The van der Waals surface area contributed by atoms with Crippen molar-refractivity contribution in [2.45, 2.75) is 57.6 Å². The fourth-order valence-corrected chi connectivity index (χ4v) is 4.19. The van der Waals surface area contributed by atoms with E-state index in [1.54, 1.807) is 12.1 Å². The topological polar surface area (TPSA) is 67.9 Å². The molecule has 0 aliphatic carbocycles. The molecule has 1 unspecified atom stereocenters. The van der Waals surface area contributed by atoms with E-state index in [0.29, 0.717) is 6.42 Å². The maximum absolute atomic E-state index is 12.7. The molecule has 0 aliphatic heterocycles. The molecule has 2 aromatic carbocycles. The van der Waals surface area contributed by atoms with Crippen LogP contribution in [-0.2, 0) is 35.1 Å². The number of aryl methyl sites for hydroxylation is 1. The Morgan fingerprint density at radius 1 is 1.19 bits per heavy atom. The van der Waals surface area contributed by atoms with Crippen molar-refractivity contribution in [2.75, 3.05) is 14.1 Å². The van der Waals surface area contributed by atoms with Crippen LogP contribution in [0.5, 0.6) is 5.75 Å². The van der Waals surface area contributed by atoms with E-state index in [2.05, 4.69) is 14.0 Å². The predicted octanol–water partition coefficient (Wildman–Crippen LogP) is 4.84. The molecule has 5 nitrogen and oxygen atoms in total. The smallest absolute Gasteiger partial charge is 0.387 e. The normalized spacial score (nSPS) is 12.7. The first-order valence-corrected chi connectivity index (χ1v) is 11.4. The van der Waals surface area contributed by atoms with Gasteiger partial charge in [0.15, 0.2) is 0 Å². The second kappa shape index (κ2) is 11.5. The molecule has 0 aliphatic rings. The van der Waals surface area contributed by atoms with Crippen molar-refractivity contribution in [3.63, 3.8) is 0 Å². The summed E-state index contributed by atoms with van der Waals surface area (Å²) in [6.45, 7) is 3.75. The number of ether oxygens (including phenoxy) is 1. The zero-order valence-corrected chi connectivity index (χ0v) is 19.5. The van der Waals surface area contributed by atoms with E-state index in [1.807, 2.05) is 59.1 Å². The number of carbonyl (C=O) groups excluding carboxylic acids is 1. The van der Waals surface area contributed by atoms with E-state index in [4.69, 9.17) is 5.14 Å². The molecule has 0 aromatic heterocycles. The fourth-order valence-electron chi connectivity index (χ4n) is 3.39. The Labute approximate surface area is 185 Å². The standard InChI is InChI=1S/C23H31F2N3O2S/c1-6-17-11-18(30-23(24)25)12-20(15(2)3)21(17)13-22(29)27-31(26)19-9-7-16(8-10-19)14-28(4)5/h7-12,15,23H,6,13-14H2,1-5H3,(H2,26,27,29). The summed E-state index contributed by atoms with van der Waals surface area (Å²) in [6, 6.07) is 10.9. The molecule has 0 saturated carbocycles. The van der Waals surface area contributed by atoms with Gasteiger partial charge in [-0.2, -0.15) is 13.1 Å². The summed E-state index contributed by atoms with van der Waals surface area (Å²) in [5.41, 5.74) is 3.57. The Bertz CT molecular complexity index is 929. The van der Waals surface area contributed by atoms with Crippen LogP contribution in [0.25, 0.3) is 0 Å². The summed E-state index contributed by atoms with van der Waals surface area (Å²) in [6.07, 6.45) is 0.662. The molecule has 31 heavy (non-hydrogen) atoms. The maximum Gasteiger partial charge on any atom is 0.387 e. The summed E-state index contributed by atoms with van der Waals surface area (Å²) in [5, 5.41) is 6.17. The van der Waals surface area contributed by atoms with Gasteiger partial charge >= 0.3 is 6.61 Å². The highest BCUT2D eigenvalue weighted by atomic mass is 32.2. The van der Waals surface area contributed by atoms with Gasteiger partial charge in [0.25, 0.3) is 5.91 Å². The summed E-state index contributed by atoms with van der Waals surface area (Å²) in [5.74, 6) is -0.183. The van der Waals surface area contributed by atoms with E-state index < -0.39 is 17.5 Å². The van der Waals surface area contributed by atoms with Crippen LogP contribution in [-0.4, -0.2) is 31.5 Å². The van der Waals surface area contributed by atoms with Crippen molar-refractivity contribution in [3.05, 3.63) is 58.7 Å². The quantitative estimate of drug-likeness (QED) is 0.592. The maximum atomic E-state index is 12.7. The number of amides is 1. The molecule has 0 saturated heterocycles. The average Bonchev–Trinajstić information content (AvgIpc) is 2.68. The Morgan fingerprint density at radius 2 is 1.84 bits per heavy atom. The highest BCUT2D eigenvalue weighted by Crippen LogP contribution is 2.30. The summed E-state index contributed by atoms with van der Waals surface area (Å²) >= 11 is 0. The minimum absolute atomic E-state index is 0.0367. The summed E-state index contributed by atoms with van der Waals surface area (Å²) in [4.78, 5) is 15.6. The van der Waals surface area contributed by atoms with Gasteiger partial charge < -0.3 is 9.64 Å². The molecular formula is C23H31F2N3O2S. The molecule has 0 spiro atoms. The second-order valence-electron chi connectivity index (χ2n) is 7.90. The number of hydrogen-bond donors (Lipinski definition) is 1. The average molecular weight is 452 g/mol. The highest BCUT2D eigenvalue weighted by molar-refractivity contribution is 7.85. The van der Waals surface area contributed by atoms with Crippen LogP contribution < -0.4 is 9.88 Å². The first-order valence-electron chi connectivity index (χ1n) is 10.2. The Morgan fingerprint density at radius 3 is 2.35 bits per heavy atom. The van der Waals surface area contributed by atoms with E-state index in [9.17, 15) is 13.6 Å². The minimum Gasteiger partial charge on any atom is -0.435 e.